The van der Waals surface area contributed by atoms with Crippen LogP contribution in [0, 0.1) is 11.3 Å². The van der Waals surface area contributed by atoms with E-state index in [1.807, 2.05) is 97.1 Å². The summed E-state index contributed by atoms with van der Waals surface area (Å²) in [5.74, 6) is 0. The van der Waals surface area contributed by atoms with Gasteiger partial charge in [-0.15, -0.1) is 0 Å². The predicted molar refractivity (Wildman–Crippen MR) is 224 cm³/mol. The molecule has 0 bridgehead atoms. The fourth-order valence-corrected chi connectivity index (χ4v) is 6.86. The maximum absolute atomic E-state index is 9.51. The number of aromatic nitrogens is 5. The summed E-state index contributed by atoms with van der Waals surface area (Å²) >= 11 is 0. The zero-order chi connectivity index (χ0) is 37.7. The average molecular weight is 717 g/mol. The highest BCUT2D eigenvalue weighted by atomic mass is 14.8. The van der Waals surface area contributed by atoms with Gasteiger partial charge in [0.25, 0.3) is 0 Å². The molecule has 0 amide bonds. The van der Waals surface area contributed by atoms with Crippen LogP contribution in [0.5, 0.6) is 0 Å². The van der Waals surface area contributed by atoms with Crippen molar-refractivity contribution in [3.8, 4) is 96.0 Å². The summed E-state index contributed by atoms with van der Waals surface area (Å²) in [6.07, 6.45) is 3.58. The second-order valence-electron chi connectivity index (χ2n) is 13.3. The number of nitrogens with zero attached hydrogens (tertiary/aromatic N) is 6. The van der Waals surface area contributed by atoms with Gasteiger partial charge in [0.15, 0.2) is 0 Å². The molecule has 9 rings (SSSR count). The van der Waals surface area contributed by atoms with E-state index in [9.17, 15) is 5.26 Å². The zero-order valence-corrected chi connectivity index (χ0v) is 30.2. The molecule has 0 aliphatic rings. The summed E-state index contributed by atoms with van der Waals surface area (Å²) in [5, 5.41) is 9.51. The Hall–Kier alpha value is -7.88. The summed E-state index contributed by atoms with van der Waals surface area (Å²) in [6.45, 7) is 0. The van der Waals surface area contributed by atoms with Gasteiger partial charge >= 0.3 is 0 Å². The topological polar surface area (TPSA) is 88.2 Å². The summed E-state index contributed by atoms with van der Waals surface area (Å²) in [7, 11) is 0. The Morgan fingerprint density at radius 2 is 0.625 bits per heavy atom. The van der Waals surface area contributed by atoms with Gasteiger partial charge in [-0.2, -0.15) is 5.26 Å². The highest BCUT2D eigenvalue weighted by Crippen LogP contribution is 2.37. The lowest BCUT2D eigenvalue weighted by Crippen LogP contribution is -1.92. The molecule has 0 unspecified atom stereocenters. The van der Waals surface area contributed by atoms with E-state index in [4.69, 9.17) is 9.97 Å². The Morgan fingerprint density at radius 1 is 0.286 bits per heavy atom. The minimum absolute atomic E-state index is 0.386. The van der Waals surface area contributed by atoms with Crippen molar-refractivity contribution in [1.82, 2.24) is 24.9 Å². The van der Waals surface area contributed by atoms with Crippen LogP contribution >= 0.6 is 0 Å². The van der Waals surface area contributed by atoms with Crippen molar-refractivity contribution in [2.75, 3.05) is 0 Å². The van der Waals surface area contributed by atoms with Gasteiger partial charge in [0.05, 0.1) is 39.9 Å². The molecule has 0 fully saturated rings. The smallest absolute Gasteiger partial charge is 0.141 e. The van der Waals surface area contributed by atoms with E-state index >= 15 is 0 Å². The molecule has 0 N–H and O–H groups in total. The molecule has 262 valence electrons. The first-order valence-corrected chi connectivity index (χ1v) is 18.3. The summed E-state index contributed by atoms with van der Waals surface area (Å²) in [4.78, 5) is 23.6. The van der Waals surface area contributed by atoms with E-state index in [0.717, 1.165) is 89.9 Å². The molecule has 0 saturated heterocycles. The lowest BCUT2D eigenvalue weighted by molar-refractivity contribution is 1.25. The van der Waals surface area contributed by atoms with Crippen molar-refractivity contribution in [3.05, 3.63) is 200 Å². The van der Waals surface area contributed by atoms with Crippen molar-refractivity contribution < 1.29 is 0 Å². The van der Waals surface area contributed by atoms with Crippen molar-refractivity contribution in [2.24, 2.45) is 0 Å². The average Bonchev–Trinajstić information content (AvgIpc) is 3.29. The van der Waals surface area contributed by atoms with E-state index < -0.39 is 0 Å². The quantitative estimate of drug-likeness (QED) is 0.156. The molecular formula is C50H32N6. The van der Waals surface area contributed by atoms with Gasteiger partial charge in [0.1, 0.15) is 11.8 Å². The Morgan fingerprint density at radius 3 is 1.04 bits per heavy atom. The van der Waals surface area contributed by atoms with Crippen molar-refractivity contribution in [1.29, 1.82) is 5.26 Å². The third-order valence-electron chi connectivity index (χ3n) is 9.62. The molecular weight excluding hydrogens is 685 g/mol. The first-order valence-electron chi connectivity index (χ1n) is 18.3. The Bertz CT molecular complexity index is 2740. The molecule has 56 heavy (non-hydrogen) atoms. The first kappa shape index (κ1) is 33.9. The van der Waals surface area contributed by atoms with Gasteiger partial charge < -0.3 is 0 Å². The van der Waals surface area contributed by atoms with E-state index in [1.54, 1.807) is 18.5 Å². The lowest BCUT2D eigenvalue weighted by atomic mass is 9.91. The fourth-order valence-electron chi connectivity index (χ4n) is 6.86. The van der Waals surface area contributed by atoms with Gasteiger partial charge in [-0.25, -0.2) is 15.0 Å². The van der Waals surface area contributed by atoms with Crippen molar-refractivity contribution in [3.63, 3.8) is 0 Å². The molecule has 6 nitrogen and oxygen atoms in total. The lowest BCUT2D eigenvalue weighted by Gasteiger charge is -2.14. The molecule has 4 aromatic carbocycles. The van der Waals surface area contributed by atoms with Crippen LogP contribution in [0.4, 0.5) is 0 Å². The molecule has 0 aliphatic carbocycles. The van der Waals surface area contributed by atoms with Crippen LogP contribution in [0.2, 0.25) is 0 Å². The van der Waals surface area contributed by atoms with Crippen LogP contribution in [0.15, 0.2) is 194 Å². The minimum Gasteiger partial charge on any atom is -0.255 e. The van der Waals surface area contributed by atoms with Crippen LogP contribution in [-0.2, 0) is 0 Å². The highest BCUT2D eigenvalue weighted by Gasteiger charge is 2.13. The molecule has 0 spiro atoms. The number of pyridine rings is 5. The van der Waals surface area contributed by atoms with Gasteiger partial charge in [-0.05, 0) is 130 Å². The van der Waals surface area contributed by atoms with Crippen LogP contribution in [-0.4, -0.2) is 24.9 Å². The third-order valence-corrected chi connectivity index (χ3v) is 9.62. The first-order chi connectivity index (χ1) is 27.7. The standard InChI is InChI=1S/C50H32N6/c51-33-43-17-8-20-44(54-43)37-14-5-11-34(27-37)40-30-41(35-12-6-15-38(28-35)45-21-9-23-49(55-45)47-18-1-3-25-52-47)32-42(31-40)36-13-7-16-39(29-36)46-22-10-24-50(56-46)48-19-2-4-26-53-48/h1-32H. The molecule has 9 aromatic rings. The zero-order valence-electron chi connectivity index (χ0n) is 30.2. The van der Waals surface area contributed by atoms with Gasteiger partial charge in [-0.3, -0.25) is 9.97 Å². The van der Waals surface area contributed by atoms with E-state index in [0.29, 0.717) is 5.69 Å². The predicted octanol–water partition coefficient (Wildman–Crippen LogP) is 11.9. The maximum atomic E-state index is 9.51. The third kappa shape index (κ3) is 7.21. The minimum atomic E-state index is 0.386. The highest BCUT2D eigenvalue weighted by molar-refractivity contribution is 5.85. The van der Waals surface area contributed by atoms with Gasteiger partial charge in [0, 0.05) is 29.1 Å². The molecule has 5 heterocycles. The van der Waals surface area contributed by atoms with E-state index in [1.165, 1.54) is 0 Å². The largest absolute Gasteiger partial charge is 0.255 e. The van der Waals surface area contributed by atoms with Crippen molar-refractivity contribution >= 4 is 0 Å². The summed E-state index contributed by atoms with van der Waals surface area (Å²) in [6, 6.07) is 63.6. The van der Waals surface area contributed by atoms with E-state index in [2.05, 4.69) is 99.9 Å². The SMILES string of the molecule is N#Cc1cccc(-c2cccc(-c3cc(-c4cccc(-c5cccc(-c6ccccn6)n5)c4)cc(-c4cccc(-c5cccc(-c6ccccn6)n5)c4)c3)c2)n1. The van der Waals surface area contributed by atoms with Crippen LogP contribution in [0.3, 0.4) is 0 Å². The molecule has 0 aliphatic heterocycles. The molecule has 0 radical (unpaired) electrons. The Kier molecular flexibility index (Phi) is 9.23. The number of hydrogen-bond acceptors (Lipinski definition) is 6. The Labute approximate surface area is 325 Å². The van der Waals surface area contributed by atoms with Crippen molar-refractivity contribution in [2.45, 2.75) is 0 Å². The monoisotopic (exact) mass is 716 g/mol. The van der Waals surface area contributed by atoms with Crippen LogP contribution in [0.25, 0.3) is 89.9 Å². The summed E-state index contributed by atoms with van der Waals surface area (Å²) in [5.41, 5.74) is 15.5. The number of hydrogen-bond donors (Lipinski definition) is 0. The second kappa shape index (κ2) is 15.2. The fraction of sp³-hybridized carbons (Fsp3) is 0. The van der Waals surface area contributed by atoms with E-state index in [-0.39, 0.29) is 0 Å². The number of benzene rings is 4. The molecule has 0 atom stereocenters. The van der Waals surface area contributed by atoms with Crippen LogP contribution in [0.1, 0.15) is 5.69 Å². The normalized spacial score (nSPS) is 10.8. The summed E-state index contributed by atoms with van der Waals surface area (Å²) < 4.78 is 0. The second-order valence-corrected chi connectivity index (χ2v) is 13.3. The number of nitriles is 1. The molecule has 6 heteroatoms. The molecule has 0 saturated carbocycles. The van der Waals surface area contributed by atoms with Gasteiger partial charge in [-0.1, -0.05) is 84.9 Å². The van der Waals surface area contributed by atoms with Gasteiger partial charge in [0.2, 0.25) is 0 Å². The van der Waals surface area contributed by atoms with Crippen LogP contribution < -0.4 is 0 Å². The number of rotatable bonds is 8. The molecule has 5 aromatic heterocycles. The maximum Gasteiger partial charge on any atom is 0.141 e. The Balaban J connectivity index is 1.15.